The summed E-state index contributed by atoms with van der Waals surface area (Å²) in [6.07, 6.45) is 0. The first-order valence-corrected chi connectivity index (χ1v) is 6.79. The van der Waals surface area contributed by atoms with Crippen LogP contribution in [0.5, 0.6) is 0 Å². The lowest BCUT2D eigenvalue weighted by atomic mass is 9.86. The van der Waals surface area contributed by atoms with Gasteiger partial charge in [-0.15, -0.1) is 0 Å². The van der Waals surface area contributed by atoms with Crippen LogP contribution in [0.25, 0.3) is 11.1 Å². The van der Waals surface area contributed by atoms with Crippen LogP contribution in [0.1, 0.15) is 63.1 Å². The zero-order valence-electron chi connectivity index (χ0n) is 17.3. The van der Waals surface area contributed by atoms with Crippen molar-refractivity contribution in [1.29, 1.82) is 0 Å². The summed E-state index contributed by atoms with van der Waals surface area (Å²) in [6.45, 7) is 10.4. The maximum atomic E-state index is 8.25. The summed E-state index contributed by atoms with van der Waals surface area (Å²) in [6, 6.07) is 2.94. The third-order valence-electron chi connectivity index (χ3n) is 3.53. The maximum Gasteiger partial charge on any atom is 0.0629 e. The summed E-state index contributed by atoms with van der Waals surface area (Å²) in [4.78, 5) is 0. The zero-order chi connectivity index (χ0) is 18.3. The third-order valence-corrected chi connectivity index (χ3v) is 3.53. The minimum absolute atomic E-state index is 0.139. The van der Waals surface area contributed by atoms with Gasteiger partial charge in [-0.1, -0.05) is 70.0 Å². The molecule has 2 aromatic rings. The zero-order valence-corrected chi connectivity index (χ0v) is 12.3. The lowest BCUT2D eigenvalue weighted by molar-refractivity contribution is 0.828. The van der Waals surface area contributed by atoms with Crippen molar-refractivity contribution in [3.05, 3.63) is 59.0 Å². The lowest BCUT2D eigenvalue weighted by Crippen LogP contribution is -1.99. The van der Waals surface area contributed by atoms with Gasteiger partial charge >= 0.3 is 0 Å². The fraction of sp³-hybridized carbons (Fsp3) is 0.368. The van der Waals surface area contributed by atoms with E-state index in [9.17, 15) is 0 Å². The van der Waals surface area contributed by atoms with Crippen molar-refractivity contribution in [2.24, 2.45) is 0 Å². The van der Waals surface area contributed by atoms with Crippen LogP contribution < -0.4 is 0 Å². The molecule has 0 heteroatoms. The van der Waals surface area contributed by atoms with Gasteiger partial charge in [0.05, 0.1) is 6.85 Å². The van der Waals surface area contributed by atoms with Gasteiger partial charge in [0.2, 0.25) is 0 Å². The topological polar surface area (TPSA) is 0 Å². The Labute approximate surface area is 124 Å². The second kappa shape index (κ2) is 5.61. The monoisotopic (exact) mass is 257 g/mol. The van der Waals surface area contributed by atoms with Gasteiger partial charge in [-0.2, -0.15) is 0 Å². The van der Waals surface area contributed by atoms with Crippen LogP contribution in [-0.4, -0.2) is 0 Å². The summed E-state index contributed by atoms with van der Waals surface area (Å²) >= 11 is 0. The quantitative estimate of drug-likeness (QED) is 0.641. The van der Waals surface area contributed by atoms with Gasteiger partial charge in [-0.05, 0) is 46.6 Å². The van der Waals surface area contributed by atoms with E-state index in [1.54, 1.807) is 0 Å². The molecule has 0 amide bonds. The summed E-state index contributed by atoms with van der Waals surface area (Å²) in [5, 5.41) is 0. The molecule has 0 aromatic heterocycles. The highest BCUT2D eigenvalue weighted by Crippen LogP contribution is 2.33. The van der Waals surface area contributed by atoms with Crippen molar-refractivity contribution in [2.45, 2.75) is 46.5 Å². The maximum absolute atomic E-state index is 8.25. The molecule has 0 aliphatic rings. The predicted octanol–water partition coefficient (Wildman–Crippen LogP) is 5.91. The van der Waals surface area contributed by atoms with E-state index in [4.69, 9.17) is 6.85 Å². The average Bonchev–Trinajstić information content (AvgIpc) is 2.52. The Hall–Kier alpha value is -1.56. The van der Waals surface area contributed by atoms with Crippen molar-refractivity contribution in [3.8, 4) is 11.1 Å². The first-order valence-electron chi connectivity index (χ1n) is 9.29. The second-order valence-corrected chi connectivity index (χ2v) is 5.59. The molecule has 0 aliphatic carbocycles. The molecule has 0 N–H and O–H groups in total. The van der Waals surface area contributed by atoms with Crippen LogP contribution in [0.15, 0.2) is 42.3 Å². The van der Waals surface area contributed by atoms with E-state index in [0.717, 1.165) is 22.3 Å². The van der Waals surface area contributed by atoms with E-state index in [0.29, 0.717) is 17.4 Å². The minimum atomic E-state index is -0.351. The summed E-state index contributed by atoms with van der Waals surface area (Å²) in [7, 11) is 0. The van der Waals surface area contributed by atoms with E-state index >= 15 is 0 Å². The Kier molecular flexibility index (Phi) is 2.53. The molecule has 19 heavy (non-hydrogen) atoms. The molecule has 0 aliphatic heterocycles. The fourth-order valence-electron chi connectivity index (χ4n) is 2.34. The van der Waals surface area contributed by atoms with Crippen LogP contribution >= 0.6 is 0 Å². The first kappa shape index (κ1) is 8.58. The van der Waals surface area contributed by atoms with Gasteiger partial charge in [0, 0.05) is 0 Å². The van der Waals surface area contributed by atoms with Crippen LogP contribution in [0.3, 0.4) is 0 Å². The van der Waals surface area contributed by atoms with Gasteiger partial charge < -0.3 is 0 Å². The van der Waals surface area contributed by atoms with Crippen LogP contribution in [0.4, 0.5) is 0 Å². The number of hydrogen-bond acceptors (Lipinski definition) is 0. The van der Waals surface area contributed by atoms with Crippen molar-refractivity contribution < 1.29 is 6.85 Å². The second-order valence-electron chi connectivity index (χ2n) is 5.59. The molecule has 0 nitrogen and oxygen atoms in total. The highest BCUT2D eigenvalue weighted by atomic mass is 14.2. The van der Waals surface area contributed by atoms with E-state index in [-0.39, 0.29) is 30.2 Å². The molecular weight excluding hydrogens is 228 g/mol. The minimum Gasteiger partial charge on any atom is -0.0622 e. The van der Waals surface area contributed by atoms with E-state index in [2.05, 4.69) is 33.8 Å². The molecule has 0 atom stereocenters. The third kappa shape index (κ3) is 2.89. The molecule has 0 bridgehead atoms. The van der Waals surface area contributed by atoms with Gasteiger partial charge in [-0.3, -0.25) is 0 Å². The van der Waals surface area contributed by atoms with Crippen LogP contribution in [0.2, 0.25) is 0 Å². The van der Waals surface area contributed by atoms with Crippen molar-refractivity contribution in [1.82, 2.24) is 0 Å². The molecule has 0 unspecified atom stereocenters. The molecule has 0 saturated heterocycles. The first-order chi connectivity index (χ1) is 11.1. The standard InChI is InChI=1S/C19H24/c1-13(2)17-11-18(14(3)4)15(5)19(12-17)16-9-7-6-8-10-16/h6-14H,1-5H3/i6D,7D,8D,9D,10D. The van der Waals surface area contributed by atoms with Crippen LogP contribution in [0, 0.1) is 6.92 Å². The van der Waals surface area contributed by atoms with Crippen molar-refractivity contribution in [3.63, 3.8) is 0 Å². The molecule has 0 saturated carbocycles. The molecule has 0 heterocycles. The highest BCUT2D eigenvalue weighted by molar-refractivity contribution is 5.70. The largest absolute Gasteiger partial charge is 0.0629 e. The predicted molar refractivity (Wildman–Crippen MR) is 84.8 cm³/mol. The molecule has 0 fully saturated rings. The Balaban J connectivity index is 2.92. The molecular formula is C19H24. The summed E-state index contributed by atoms with van der Waals surface area (Å²) < 4.78 is 40.1. The molecule has 100 valence electrons. The molecule has 2 aromatic carbocycles. The summed E-state index contributed by atoms with van der Waals surface area (Å²) in [5.41, 5.74) is 4.28. The van der Waals surface area contributed by atoms with Crippen LogP contribution in [-0.2, 0) is 0 Å². The van der Waals surface area contributed by atoms with Crippen molar-refractivity contribution in [2.75, 3.05) is 0 Å². The Morgan fingerprint density at radius 3 is 2.05 bits per heavy atom. The molecule has 2 rings (SSSR count). The van der Waals surface area contributed by atoms with E-state index in [1.807, 2.05) is 13.0 Å². The number of benzene rings is 2. The summed E-state index contributed by atoms with van der Waals surface area (Å²) in [5.74, 6) is 0.596. The van der Waals surface area contributed by atoms with E-state index in [1.165, 1.54) is 0 Å². The molecule has 0 spiro atoms. The highest BCUT2D eigenvalue weighted by Gasteiger charge is 2.12. The van der Waals surface area contributed by atoms with Gasteiger partial charge in [0.25, 0.3) is 0 Å². The Morgan fingerprint density at radius 2 is 1.53 bits per heavy atom. The molecule has 0 radical (unpaired) electrons. The fourth-order valence-corrected chi connectivity index (χ4v) is 2.34. The van der Waals surface area contributed by atoms with Gasteiger partial charge in [0.1, 0.15) is 0 Å². The average molecular weight is 257 g/mol. The van der Waals surface area contributed by atoms with Gasteiger partial charge in [-0.25, -0.2) is 0 Å². The normalized spacial score (nSPS) is 15.0. The number of hydrogen-bond donors (Lipinski definition) is 0. The SMILES string of the molecule is [2H]c1c([2H])c([2H])c(-c2cc(C(C)C)cc(C(C)C)c2C)c([2H])c1[2H]. The van der Waals surface area contributed by atoms with Gasteiger partial charge in [0.15, 0.2) is 0 Å². The van der Waals surface area contributed by atoms with E-state index < -0.39 is 0 Å². The number of rotatable bonds is 3. The Bertz CT molecular complexity index is 762. The van der Waals surface area contributed by atoms with Crippen molar-refractivity contribution >= 4 is 0 Å². The Morgan fingerprint density at radius 1 is 0.895 bits per heavy atom. The smallest absolute Gasteiger partial charge is 0.0622 e. The lowest BCUT2D eigenvalue weighted by Gasteiger charge is -2.19.